The molecule has 0 aliphatic carbocycles. The zero-order valence-corrected chi connectivity index (χ0v) is 16.6. The minimum atomic E-state index is 0.253. The van der Waals surface area contributed by atoms with E-state index in [1.54, 1.807) is 20.4 Å². The highest BCUT2D eigenvalue weighted by molar-refractivity contribution is 5.67. The number of pyridine rings is 1. The predicted molar refractivity (Wildman–Crippen MR) is 111 cm³/mol. The Balaban J connectivity index is 1.98. The van der Waals surface area contributed by atoms with Crippen LogP contribution in [0.5, 0.6) is 11.5 Å². The number of rotatable bonds is 8. The molecule has 146 valence electrons. The van der Waals surface area contributed by atoms with Crippen molar-refractivity contribution in [1.29, 1.82) is 0 Å². The molecule has 0 spiro atoms. The number of hydrogen-bond acceptors (Lipinski definition) is 7. The third kappa shape index (κ3) is 4.88. The van der Waals surface area contributed by atoms with Gasteiger partial charge in [-0.3, -0.25) is 4.98 Å². The van der Waals surface area contributed by atoms with Crippen molar-refractivity contribution in [2.75, 3.05) is 24.9 Å². The number of hydrogen-bond donors (Lipinski definition) is 2. The van der Waals surface area contributed by atoms with E-state index in [0.717, 1.165) is 23.5 Å². The molecule has 2 aromatic heterocycles. The molecule has 2 heterocycles. The van der Waals surface area contributed by atoms with Crippen molar-refractivity contribution in [2.24, 2.45) is 0 Å². The summed E-state index contributed by atoms with van der Waals surface area (Å²) in [6.45, 7) is 4.21. The fraction of sp³-hybridized carbons (Fsp3) is 0.286. The number of anilines is 3. The summed E-state index contributed by atoms with van der Waals surface area (Å²) < 4.78 is 10.7. The fourth-order valence-electron chi connectivity index (χ4n) is 2.57. The van der Waals surface area contributed by atoms with Crippen LogP contribution >= 0.6 is 0 Å². The zero-order chi connectivity index (χ0) is 19.9. The minimum Gasteiger partial charge on any atom is -0.497 e. The Kier molecular flexibility index (Phi) is 6.26. The molecular weight excluding hydrogens is 354 g/mol. The van der Waals surface area contributed by atoms with Gasteiger partial charge in [-0.2, -0.15) is 4.98 Å². The molecule has 1 atom stereocenters. The van der Waals surface area contributed by atoms with Crippen LogP contribution in [0.3, 0.4) is 0 Å². The van der Waals surface area contributed by atoms with Gasteiger partial charge in [-0.05, 0) is 25.5 Å². The quantitative estimate of drug-likeness (QED) is 0.596. The fourth-order valence-corrected chi connectivity index (χ4v) is 2.57. The molecule has 0 amide bonds. The van der Waals surface area contributed by atoms with E-state index in [1.807, 2.05) is 42.5 Å². The Labute approximate surface area is 165 Å². The second-order valence-corrected chi connectivity index (χ2v) is 6.36. The third-order valence-corrected chi connectivity index (χ3v) is 4.27. The van der Waals surface area contributed by atoms with Gasteiger partial charge in [-0.15, -0.1) is 0 Å². The van der Waals surface area contributed by atoms with Gasteiger partial charge < -0.3 is 20.1 Å². The van der Waals surface area contributed by atoms with E-state index in [2.05, 4.69) is 39.4 Å². The molecule has 2 N–H and O–H groups in total. The van der Waals surface area contributed by atoms with Crippen molar-refractivity contribution in [2.45, 2.75) is 26.3 Å². The van der Waals surface area contributed by atoms with E-state index in [4.69, 9.17) is 9.47 Å². The summed E-state index contributed by atoms with van der Waals surface area (Å²) in [4.78, 5) is 13.6. The maximum absolute atomic E-state index is 5.34. The highest BCUT2D eigenvalue weighted by atomic mass is 16.5. The Morgan fingerprint density at radius 3 is 2.32 bits per heavy atom. The summed E-state index contributed by atoms with van der Waals surface area (Å²) in [5, 5.41) is 6.65. The molecule has 3 rings (SSSR count). The summed E-state index contributed by atoms with van der Waals surface area (Å²) in [5.41, 5.74) is 2.32. The average molecular weight is 379 g/mol. The van der Waals surface area contributed by atoms with Gasteiger partial charge in [0.05, 0.1) is 25.6 Å². The molecule has 0 aliphatic rings. The number of nitrogens with zero attached hydrogens (tertiary/aromatic N) is 3. The summed E-state index contributed by atoms with van der Waals surface area (Å²) in [7, 11) is 3.24. The normalized spacial score (nSPS) is 11.6. The zero-order valence-electron chi connectivity index (χ0n) is 16.6. The molecular formula is C21H25N5O2. The standard InChI is InChI=1S/C21H25N5O2/c1-5-14(2)23-21-25-19(18-8-6-7-9-22-18)13-20(26-21)24-15-10-16(27-3)12-17(11-15)28-4/h6-14H,5H2,1-4H3,(H2,23,24,25,26)/t14-/m0/s1. The van der Waals surface area contributed by atoms with Crippen LogP contribution in [0.1, 0.15) is 20.3 Å². The van der Waals surface area contributed by atoms with Crippen LogP contribution < -0.4 is 20.1 Å². The number of methoxy groups -OCH3 is 2. The van der Waals surface area contributed by atoms with Gasteiger partial charge >= 0.3 is 0 Å². The lowest BCUT2D eigenvalue weighted by molar-refractivity contribution is 0.395. The van der Waals surface area contributed by atoms with E-state index < -0.39 is 0 Å². The van der Waals surface area contributed by atoms with Crippen molar-refractivity contribution in [3.63, 3.8) is 0 Å². The number of benzene rings is 1. The Bertz CT molecular complexity index is 896. The molecule has 0 unspecified atom stereocenters. The average Bonchev–Trinajstić information content (AvgIpc) is 2.73. The Morgan fingerprint density at radius 1 is 0.964 bits per heavy atom. The van der Waals surface area contributed by atoms with E-state index >= 15 is 0 Å². The van der Waals surface area contributed by atoms with Crippen molar-refractivity contribution in [3.05, 3.63) is 48.7 Å². The van der Waals surface area contributed by atoms with Crippen molar-refractivity contribution in [3.8, 4) is 22.9 Å². The van der Waals surface area contributed by atoms with Gasteiger partial charge in [0, 0.05) is 42.2 Å². The molecule has 0 radical (unpaired) electrons. The molecule has 28 heavy (non-hydrogen) atoms. The second kappa shape index (κ2) is 9.03. The second-order valence-electron chi connectivity index (χ2n) is 6.36. The lowest BCUT2D eigenvalue weighted by atomic mass is 10.2. The van der Waals surface area contributed by atoms with E-state index in [1.165, 1.54) is 0 Å². The highest BCUT2D eigenvalue weighted by Crippen LogP contribution is 2.29. The lowest BCUT2D eigenvalue weighted by Gasteiger charge is -2.15. The Hall–Kier alpha value is -3.35. The first-order valence-electron chi connectivity index (χ1n) is 9.18. The SMILES string of the molecule is CC[C@H](C)Nc1nc(Nc2cc(OC)cc(OC)c2)cc(-c2ccccn2)n1. The molecule has 1 aromatic carbocycles. The topological polar surface area (TPSA) is 81.2 Å². The van der Waals surface area contributed by atoms with Gasteiger partial charge in [0.25, 0.3) is 0 Å². The first kappa shape index (κ1) is 19.4. The molecule has 7 nitrogen and oxygen atoms in total. The van der Waals surface area contributed by atoms with Crippen LogP contribution in [0, 0.1) is 0 Å². The molecule has 7 heteroatoms. The molecule has 3 aromatic rings. The van der Waals surface area contributed by atoms with Crippen LogP contribution in [-0.4, -0.2) is 35.2 Å². The van der Waals surface area contributed by atoms with Crippen molar-refractivity contribution in [1.82, 2.24) is 15.0 Å². The van der Waals surface area contributed by atoms with Gasteiger partial charge in [-0.1, -0.05) is 13.0 Å². The summed E-state index contributed by atoms with van der Waals surface area (Å²) >= 11 is 0. The monoisotopic (exact) mass is 379 g/mol. The number of aromatic nitrogens is 3. The van der Waals surface area contributed by atoms with Crippen LogP contribution in [0.2, 0.25) is 0 Å². The Morgan fingerprint density at radius 2 is 1.71 bits per heavy atom. The van der Waals surface area contributed by atoms with Crippen molar-refractivity contribution < 1.29 is 9.47 Å². The van der Waals surface area contributed by atoms with E-state index in [9.17, 15) is 0 Å². The van der Waals surface area contributed by atoms with E-state index in [0.29, 0.717) is 23.3 Å². The van der Waals surface area contributed by atoms with Gasteiger partial charge in [-0.25, -0.2) is 4.98 Å². The molecule has 0 fully saturated rings. The predicted octanol–water partition coefficient (Wildman–Crippen LogP) is 4.51. The van der Waals surface area contributed by atoms with Gasteiger partial charge in [0.2, 0.25) is 5.95 Å². The van der Waals surface area contributed by atoms with Crippen LogP contribution in [-0.2, 0) is 0 Å². The minimum absolute atomic E-state index is 0.253. The summed E-state index contributed by atoms with van der Waals surface area (Å²) in [6, 6.07) is 13.4. The summed E-state index contributed by atoms with van der Waals surface area (Å²) in [6.07, 6.45) is 2.71. The number of nitrogens with one attached hydrogen (secondary N) is 2. The third-order valence-electron chi connectivity index (χ3n) is 4.27. The largest absolute Gasteiger partial charge is 0.497 e. The molecule has 0 saturated heterocycles. The molecule has 0 saturated carbocycles. The smallest absolute Gasteiger partial charge is 0.225 e. The van der Waals surface area contributed by atoms with Gasteiger partial charge in [0.15, 0.2) is 0 Å². The molecule has 0 bridgehead atoms. The summed E-state index contributed by atoms with van der Waals surface area (Å²) in [5.74, 6) is 2.59. The first-order chi connectivity index (χ1) is 13.6. The van der Waals surface area contributed by atoms with Crippen molar-refractivity contribution >= 4 is 17.5 Å². The maximum Gasteiger partial charge on any atom is 0.225 e. The lowest BCUT2D eigenvalue weighted by Crippen LogP contribution is -2.16. The van der Waals surface area contributed by atoms with Gasteiger partial charge in [0.1, 0.15) is 17.3 Å². The van der Waals surface area contributed by atoms with Crippen LogP contribution in [0.25, 0.3) is 11.4 Å². The van der Waals surface area contributed by atoms with Crippen LogP contribution in [0.4, 0.5) is 17.5 Å². The van der Waals surface area contributed by atoms with Crippen LogP contribution in [0.15, 0.2) is 48.7 Å². The first-order valence-corrected chi connectivity index (χ1v) is 9.18. The maximum atomic E-state index is 5.34. The molecule has 0 aliphatic heterocycles. The number of ether oxygens (including phenoxy) is 2. The highest BCUT2D eigenvalue weighted by Gasteiger charge is 2.11. The van der Waals surface area contributed by atoms with E-state index in [-0.39, 0.29) is 6.04 Å².